The van der Waals surface area contributed by atoms with Gasteiger partial charge < -0.3 is 14.8 Å². The third-order valence-corrected chi connectivity index (χ3v) is 3.51. The molecule has 0 aromatic rings. The fourth-order valence-corrected chi connectivity index (χ4v) is 2.89. The van der Waals surface area contributed by atoms with E-state index in [-0.39, 0.29) is 11.4 Å². The molecular formula is C19H42N2O3. The summed E-state index contributed by atoms with van der Waals surface area (Å²) >= 11 is 0. The monoisotopic (exact) mass is 346 g/mol. The summed E-state index contributed by atoms with van der Waals surface area (Å²) in [6, 6.07) is 0. The molecule has 1 aliphatic carbocycles. The van der Waals surface area contributed by atoms with E-state index in [0.29, 0.717) is 0 Å². The van der Waals surface area contributed by atoms with Crippen LogP contribution in [0.5, 0.6) is 0 Å². The van der Waals surface area contributed by atoms with Crippen molar-refractivity contribution < 1.29 is 14.7 Å². The van der Waals surface area contributed by atoms with E-state index in [1.807, 2.05) is 41.5 Å². The van der Waals surface area contributed by atoms with Gasteiger partial charge in [-0.3, -0.25) is 0 Å². The van der Waals surface area contributed by atoms with E-state index in [1.54, 1.807) is 0 Å². The predicted octanol–water partition coefficient (Wildman–Crippen LogP) is 4.12. The second-order valence-electron chi connectivity index (χ2n) is 6.89. The van der Waals surface area contributed by atoms with Crippen molar-refractivity contribution in [2.45, 2.75) is 75.2 Å². The van der Waals surface area contributed by atoms with Crippen LogP contribution >= 0.6 is 0 Å². The van der Waals surface area contributed by atoms with Crippen molar-refractivity contribution in [3.05, 3.63) is 11.3 Å². The fraction of sp³-hybridized carbons (Fsp3) is 0.842. The maximum Gasteiger partial charge on any atom is 0.329 e. The molecule has 0 aromatic carbocycles. The van der Waals surface area contributed by atoms with Gasteiger partial charge in [-0.1, -0.05) is 41.5 Å². The van der Waals surface area contributed by atoms with Crippen LogP contribution in [-0.2, 0) is 9.63 Å². The predicted molar refractivity (Wildman–Crippen MR) is 103 cm³/mol. The van der Waals surface area contributed by atoms with Gasteiger partial charge in [0.05, 0.1) is 5.41 Å². The van der Waals surface area contributed by atoms with Crippen molar-refractivity contribution in [2.24, 2.45) is 16.7 Å². The molecule has 0 radical (unpaired) electrons. The molecule has 146 valence electrons. The van der Waals surface area contributed by atoms with Crippen LogP contribution in [0.1, 0.15) is 75.2 Å². The van der Waals surface area contributed by atoms with Crippen LogP contribution < -0.4 is 5.90 Å². The molecule has 1 rings (SSSR count). The van der Waals surface area contributed by atoms with Crippen LogP contribution in [0.15, 0.2) is 11.3 Å². The smallest absolute Gasteiger partial charge is 0.329 e. The molecule has 0 aromatic heterocycles. The van der Waals surface area contributed by atoms with Gasteiger partial charge in [0.25, 0.3) is 0 Å². The van der Waals surface area contributed by atoms with E-state index in [4.69, 9.17) is 11.0 Å². The molecule has 0 bridgehead atoms. The van der Waals surface area contributed by atoms with Crippen molar-refractivity contribution in [3.63, 3.8) is 0 Å². The molecule has 0 fully saturated rings. The Balaban J connectivity index is -0.000000659. The molecule has 1 aliphatic rings. The first-order chi connectivity index (χ1) is 11.1. The van der Waals surface area contributed by atoms with Gasteiger partial charge in [0.15, 0.2) is 0 Å². The Bertz CT molecular complexity index is 375. The minimum atomic E-state index is -0.550. The maximum absolute atomic E-state index is 11.6. The van der Waals surface area contributed by atoms with Gasteiger partial charge in [-0.25, -0.2) is 4.79 Å². The summed E-state index contributed by atoms with van der Waals surface area (Å²) in [6.45, 7) is 19.2. The lowest BCUT2D eigenvalue weighted by molar-refractivity contribution is -0.156. The van der Waals surface area contributed by atoms with Crippen LogP contribution in [0, 0.1) is 10.8 Å². The molecule has 0 unspecified atom stereocenters. The van der Waals surface area contributed by atoms with Crippen LogP contribution in [0.2, 0.25) is 0 Å². The molecule has 0 aliphatic heterocycles. The van der Waals surface area contributed by atoms with Crippen molar-refractivity contribution in [1.29, 1.82) is 0 Å². The van der Waals surface area contributed by atoms with Gasteiger partial charge in [-0.2, -0.15) is 5.90 Å². The Morgan fingerprint density at radius 3 is 1.83 bits per heavy atom. The Labute approximate surface area is 150 Å². The standard InChI is InChI=1S/C14H26N2O2.2C2H6.CH4O/c1-10-7-11(10)16(6)9-13(2,3)8-14(4,5)12(17)18-15;3*1-2/h7-9,15H2,1-6H3;2*1-2H3;2H,1H3. The topological polar surface area (TPSA) is 75.8 Å². The van der Waals surface area contributed by atoms with Crippen molar-refractivity contribution in [1.82, 2.24) is 4.90 Å². The molecular weight excluding hydrogens is 304 g/mol. The van der Waals surface area contributed by atoms with Crippen molar-refractivity contribution in [2.75, 3.05) is 20.7 Å². The van der Waals surface area contributed by atoms with Crippen LogP contribution in [0.4, 0.5) is 0 Å². The van der Waals surface area contributed by atoms with Gasteiger partial charge in [-0.15, -0.1) is 0 Å². The number of nitrogens with two attached hydrogens (primary N) is 1. The van der Waals surface area contributed by atoms with Gasteiger partial charge in [-0.05, 0) is 38.2 Å². The molecule has 0 saturated heterocycles. The van der Waals surface area contributed by atoms with Gasteiger partial charge in [0.2, 0.25) is 0 Å². The summed E-state index contributed by atoms with van der Waals surface area (Å²) in [5.74, 6) is 4.64. The molecule has 0 saturated carbocycles. The quantitative estimate of drug-likeness (QED) is 0.708. The summed E-state index contributed by atoms with van der Waals surface area (Å²) < 4.78 is 0. The minimum absolute atomic E-state index is 0.0301. The van der Waals surface area contributed by atoms with Gasteiger partial charge >= 0.3 is 5.97 Å². The SMILES string of the molecule is CC.CC.CC1=C(N(C)CC(C)(C)CC(C)(C)C(=O)ON)C1.CO. The fourth-order valence-electron chi connectivity index (χ4n) is 2.89. The Kier molecular flexibility index (Phi) is 15.3. The zero-order valence-electron chi connectivity index (χ0n) is 17.9. The summed E-state index contributed by atoms with van der Waals surface area (Å²) in [4.78, 5) is 18.3. The lowest BCUT2D eigenvalue weighted by Gasteiger charge is -2.35. The lowest BCUT2D eigenvalue weighted by Crippen LogP contribution is -2.38. The molecule has 0 amide bonds. The first-order valence-corrected chi connectivity index (χ1v) is 8.85. The molecule has 5 heteroatoms. The molecule has 0 atom stereocenters. The van der Waals surface area contributed by atoms with E-state index >= 15 is 0 Å². The Morgan fingerprint density at radius 1 is 1.17 bits per heavy atom. The number of hydrogen-bond donors (Lipinski definition) is 2. The lowest BCUT2D eigenvalue weighted by atomic mass is 9.75. The number of allylic oxidation sites excluding steroid dienone is 2. The number of nitrogens with zero attached hydrogens (tertiary/aromatic N) is 1. The highest BCUT2D eigenvalue weighted by Crippen LogP contribution is 2.38. The van der Waals surface area contributed by atoms with Crippen LogP contribution in [-0.4, -0.2) is 36.7 Å². The first kappa shape index (κ1) is 27.8. The third kappa shape index (κ3) is 10.7. The average molecular weight is 347 g/mol. The van der Waals surface area contributed by atoms with Gasteiger partial charge in [0.1, 0.15) is 0 Å². The van der Waals surface area contributed by atoms with Crippen LogP contribution in [0.25, 0.3) is 0 Å². The number of rotatable bonds is 6. The van der Waals surface area contributed by atoms with E-state index in [0.717, 1.165) is 26.5 Å². The Hall–Kier alpha value is -1.07. The number of aliphatic hydroxyl groups excluding tert-OH is 1. The van der Waals surface area contributed by atoms with Crippen molar-refractivity contribution >= 4 is 5.97 Å². The summed E-state index contributed by atoms with van der Waals surface area (Å²) in [7, 11) is 3.11. The average Bonchev–Trinajstić information content (AvgIpc) is 3.28. The molecule has 0 spiro atoms. The number of aliphatic hydroxyl groups is 1. The van der Waals surface area contributed by atoms with E-state index in [1.165, 1.54) is 11.3 Å². The number of carbonyl (C=O) groups is 1. The number of hydrogen-bond acceptors (Lipinski definition) is 5. The molecule has 0 heterocycles. The van der Waals surface area contributed by atoms with E-state index in [2.05, 4.69) is 37.6 Å². The zero-order chi connectivity index (χ0) is 20.1. The Morgan fingerprint density at radius 2 is 1.54 bits per heavy atom. The summed E-state index contributed by atoms with van der Waals surface area (Å²) in [5.41, 5.74) is 2.38. The zero-order valence-corrected chi connectivity index (χ0v) is 17.9. The maximum atomic E-state index is 11.6. The van der Waals surface area contributed by atoms with Crippen molar-refractivity contribution in [3.8, 4) is 0 Å². The number of carbonyl (C=O) groups excluding carboxylic acids is 1. The molecule has 3 N–H and O–H groups in total. The first-order valence-electron chi connectivity index (χ1n) is 8.85. The highest BCUT2D eigenvalue weighted by atomic mass is 16.7. The highest BCUT2D eigenvalue weighted by molar-refractivity contribution is 5.75. The normalized spacial score (nSPS) is 12.5. The summed E-state index contributed by atoms with van der Waals surface area (Å²) in [6.07, 6.45) is 1.87. The highest BCUT2D eigenvalue weighted by Gasteiger charge is 2.37. The van der Waals surface area contributed by atoms with E-state index < -0.39 is 5.41 Å². The van der Waals surface area contributed by atoms with Gasteiger partial charge in [0, 0.05) is 32.8 Å². The third-order valence-electron chi connectivity index (χ3n) is 3.51. The second kappa shape index (κ2) is 13.2. The molecule has 24 heavy (non-hydrogen) atoms. The minimum Gasteiger partial charge on any atom is -0.400 e. The molecule has 5 nitrogen and oxygen atoms in total. The van der Waals surface area contributed by atoms with Crippen LogP contribution in [0.3, 0.4) is 0 Å². The van der Waals surface area contributed by atoms with E-state index in [9.17, 15) is 4.79 Å². The largest absolute Gasteiger partial charge is 0.400 e. The summed E-state index contributed by atoms with van der Waals surface area (Å²) in [5, 5.41) is 7.00. The second-order valence-corrected chi connectivity index (χ2v) is 6.89.